The number of benzene rings is 1. The molecule has 6 nitrogen and oxygen atoms in total. The Morgan fingerprint density at radius 2 is 2.08 bits per heavy atom. The molecule has 0 atom stereocenters. The van der Waals surface area contributed by atoms with Crippen LogP contribution in [0.3, 0.4) is 0 Å². The molecule has 0 unspecified atom stereocenters. The lowest BCUT2D eigenvalue weighted by Crippen LogP contribution is -2.27. The van der Waals surface area contributed by atoms with E-state index in [1.165, 1.54) is 23.9 Å². The molecule has 0 aliphatic carbocycles. The predicted octanol–water partition coefficient (Wildman–Crippen LogP) is 2.72. The first kappa shape index (κ1) is 18.2. The summed E-state index contributed by atoms with van der Waals surface area (Å²) < 4.78 is 28.5. The van der Waals surface area contributed by atoms with Crippen LogP contribution < -0.4 is 4.74 Å². The first-order valence-electron chi connectivity index (χ1n) is 7.29. The first-order valence-corrected chi connectivity index (χ1v) is 8.28. The zero-order chi connectivity index (χ0) is 17.5. The molecule has 2 rings (SSSR count). The fourth-order valence-electron chi connectivity index (χ4n) is 1.88. The maximum atomic E-state index is 12.1. The molecule has 1 heterocycles. The monoisotopic (exact) mass is 356 g/mol. The van der Waals surface area contributed by atoms with Crippen LogP contribution in [0.5, 0.6) is 5.75 Å². The van der Waals surface area contributed by atoms with Crippen LogP contribution in [0.15, 0.2) is 29.4 Å². The Morgan fingerprint density at radius 3 is 2.67 bits per heavy atom. The quantitative estimate of drug-likeness (QED) is 0.737. The number of H-pyrrole nitrogens is 1. The van der Waals surface area contributed by atoms with Gasteiger partial charge in [-0.15, -0.1) is 5.10 Å². The largest absolute Gasteiger partial charge is 0.435 e. The molecule has 0 spiro atoms. The number of ether oxygens (including phenoxy) is 1. The number of halogens is 2. The van der Waals surface area contributed by atoms with Gasteiger partial charge < -0.3 is 9.64 Å². The minimum atomic E-state index is -2.85. The van der Waals surface area contributed by atoms with E-state index in [9.17, 15) is 13.6 Å². The number of aromatic nitrogens is 3. The van der Waals surface area contributed by atoms with Gasteiger partial charge in [0.05, 0.1) is 5.75 Å². The van der Waals surface area contributed by atoms with Crippen LogP contribution in [0, 0.1) is 0 Å². The van der Waals surface area contributed by atoms with E-state index in [1.807, 2.05) is 6.92 Å². The molecule has 9 heteroatoms. The molecule has 24 heavy (non-hydrogen) atoms. The van der Waals surface area contributed by atoms with Gasteiger partial charge in [0.25, 0.3) is 0 Å². The summed E-state index contributed by atoms with van der Waals surface area (Å²) in [6.45, 7) is -0.505. The summed E-state index contributed by atoms with van der Waals surface area (Å²) in [5.74, 6) is 1.03. The highest BCUT2D eigenvalue weighted by Crippen LogP contribution is 2.17. The SMILES string of the molecule is CCc1nc(SCC(=O)N(C)Cc2ccc(OC(F)F)cc2)n[nH]1. The molecule has 1 aromatic heterocycles. The second-order valence-corrected chi connectivity index (χ2v) is 5.92. The number of thioether (sulfide) groups is 1. The van der Waals surface area contributed by atoms with Crippen molar-refractivity contribution in [3.8, 4) is 5.75 Å². The average Bonchev–Trinajstić information content (AvgIpc) is 3.02. The van der Waals surface area contributed by atoms with Gasteiger partial charge in [-0.05, 0) is 17.7 Å². The third kappa shape index (κ3) is 5.48. The molecule has 2 aromatic rings. The van der Waals surface area contributed by atoms with Crippen LogP contribution >= 0.6 is 11.8 Å². The summed E-state index contributed by atoms with van der Waals surface area (Å²) in [5, 5.41) is 7.35. The van der Waals surface area contributed by atoms with Gasteiger partial charge in [0, 0.05) is 20.0 Å². The summed E-state index contributed by atoms with van der Waals surface area (Å²) in [7, 11) is 1.68. The molecule has 0 aliphatic rings. The van der Waals surface area contributed by atoms with E-state index in [0.29, 0.717) is 11.7 Å². The van der Waals surface area contributed by atoms with Crippen molar-refractivity contribution in [2.45, 2.75) is 31.7 Å². The highest BCUT2D eigenvalue weighted by molar-refractivity contribution is 7.99. The van der Waals surface area contributed by atoms with Crippen molar-refractivity contribution in [3.05, 3.63) is 35.7 Å². The average molecular weight is 356 g/mol. The van der Waals surface area contributed by atoms with Gasteiger partial charge in [0.2, 0.25) is 11.1 Å². The van der Waals surface area contributed by atoms with Crippen LogP contribution in [0.2, 0.25) is 0 Å². The Kier molecular flexibility index (Phi) is 6.53. The highest BCUT2D eigenvalue weighted by atomic mass is 32.2. The molecular weight excluding hydrogens is 338 g/mol. The summed E-state index contributed by atoms with van der Waals surface area (Å²) in [6, 6.07) is 6.21. The lowest BCUT2D eigenvalue weighted by Gasteiger charge is -2.17. The standard InChI is InChI=1S/C15H18F2N4O2S/c1-3-12-18-15(20-19-12)24-9-13(22)21(2)8-10-4-6-11(7-5-10)23-14(16)17/h4-7,14H,3,8-9H2,1-2H3,(H,18,19,20). The zero-order valence-electron chi connectivity index (χ0n) is 13.3. The number of carbonyl (C=O) groups excluding carboxylic acids is 1. The lowest BCUT2D eigenvalue weighted by molar-refractivity contribution is -0.127. The van der Waals surface area contributed by atoms with Crippen molar-refractivity contribution in [1.82, 2.24) is 20.1 Å². The summed E-state index contributed by atoms with van der Waals surface area (Å²) in [5.41, 5.74) is 0.823. The third-order valence-electron chi connectivity index (χ3n) is 3.16. The third-order valence-corrected chi connectivity index (χ3v) is 4.00. The number of aryl methyl sites for hydroxylation is 1. The Morgan fingerprint density at radius 1 is 1.38 bits per heavy atom. The number of carbonyl (C=O) groups is 1. The van der Waals surface area contributed by atoms with Crippen LogP contribution in [0.4, 0.5) is 8.78 Å². The van der Waals surface area contributed by atoms with E-state index in [4.69, 9.17) is 0 Å². The van der Waals surface area contributed by atoms with Crippen molar-refractivity contribution >= 4 is 17.7 Å². The van der Waals surface area contributed by atoms with E-state index in [-0.39, 0.29) is 17.4 Å². The van der Waals surface area contributed by atoms with Gasteiger partial charge in [-0.3, -0.25) is 9.89 Å². The number of hydrogen-bond donors (Lipinski definition) is 1. The normalized spacial score (nSPS) is 10.9. The van der Waals surface area contributed by atoms with Crippen LogP contribution in [0.1, 0.15) is 18.3 Å². The Balaban J connectivity index is 1.82. The fourth-order valence-corrected chi connectivity index (χ4v) is 2.63. The van der Waals surface area contributed by atoms with Gasteiger partial charge in [0.1, 0.15) is 11.6 Å². The maximum Gasteiger partial charge on any atom is 0.387 e. The number of hydrogen-bond acceptors (Lipinski definition) is 5. The van der Waals surface area contributed by atoms with E-state index >= 15 is 0 Å². The maximum absolute atomic E-state index is 12.1. The predicted molar refractivity (Wildman–Crippen MR) is 86.0 cm³/mol. The number of nitrogens with one attached hydrogen (secondary N) is 1. The molecule has 1 amide bonds. The minimum Gasteiger partial charge on any atom is -0.435 e. The Bertz CT molecular complexity index is 664. The van der Waals surface area contributed by atoms with E-state index in [1.54, 1.807) is 24.1 Å². The van der Waals surface area contributed by atoms with Gasteiger partial charge >= 0.3 is 6.61 Å². The van der Waals surface area contributed by atoms with Crippen molar-refractivity contribution in [2.24, 2.45) is 0 Å². The zero-order valence-corrected chi connectivity index (χ0v) is 14.1. The Labute approximate surface area is 142 Å². The summed E-state index contributed by atoms with van der Waals surface area (Å²) >= 11 is 1.26. The van der Waals surface area contributed by atoms with Crippen molar-refractivity contribution in [2.75, 3.05) is 12.8 Å². The van der Waals surface area contributed by atoms with E-state index in [0.717, 1.165) is 17.8 Å². The Hall–Kier alpha value is -2.16. The molecule has 0 radical (unpaired) electrons. The molecular formula is C15H18F2N4O2S. The topological polar surface area (TPSA) is 71.1 Å². The van der Waals surface area contributed by atoms with Gasteiger partial charge in [0.15, 0.2) is 0 Å². The van der Waals surface area contributed by atoms with Crippen molar-refractivity contribution in [1.29, 1.82) is 0 Å². The number of rotatable bonds is 8. The summed E-state index contributed by atoms with van der Waals surface area (Å²) in [4.78, 5) is 17.9. The second-order valence-electron chi connectivity index (χ2n) is 4.98. The van der Waals surface area contributed by atoms with Crippen LogP contribution in [0.25, 0.3) is 0 Å². The van der Waals surface area contributed by atoms with Crippen LogP contribution in [-0.4, -0.2) is 45.4 Å². The smallest absolute Gasteiger partial charge is 0.387 e. The summed E-state index contributed by atoms with van der Waals surface area (Å²) in [6.07, 6.45) is 0.757. The molecule has 1 aromatic carbocycles. The second kappa shape index (κ2) is 8.62. The fraction of sp³-hybridized carbons (Fsp3) is 0.400. The number of amides is 1. The van der Waals surface area contributed by atoms with Crippen LogP contribution in [-0.2, 0) is 17.8 Å². The molecule has 0 fully saturated rings. The lowest BCUT2D eigenvalue weighted by atomic mass is 10.2. The van der Waals surface area contributed by atoms with E-state index in [2.05, 4.69) is 19.9 Å². The highest BCUT2D eigenvalue weighted by Gasteiger charge is 2.12. The molecule has 1 N–H and O–H groups in total. The molecule has 130 valence electrons. The molecule has 0 bridgehead atoms. The van der Waals surface area contributed by atoms with Crippen molar-refractivity contribution in [3.63, 3.8) is 0 Å². The molecule has 0 aliphatic heterocycles. The van der Waals surface area contributed by atoms with Gasteiger partial charge in [-0.1, -0.05) is 30.8 Å². The van der Waals surface area contributed by atoms with E-state index < -0.39 is 6.61 Å². The van der Waals surface area contributed by atoms with Crippen molar-refractivity contribution < 1.29 is 18.3 Å². The van der Waals surface area contributed by atoms with Gasteiger partial charge in [-0.25, -0.2) is 4.98 Å². The van der Waals surface area contributed by atoms with Gasteiger partial charge in [-0.2, -0.15) is 8.78 Å². The minimum absolute atomic E-state index is 0.0734. The number of aromatic amines is 1. The molecule has 0 saturated carbocycles. The first-order chi connectivity index (χ1) is 11.5. The molecule has 0 saturated heterocycles. The number of alkyl halides is 2. The number of nitrogens with zero attached hydrogens (tertiary/aromatic N) is 3.